The van der Waals surface area contributed by atoms with Gasteiger partial charge in [0.05, 0.1) is 0 Å². The molecule has 0 saturated carbocycles. The summed E-state index contributed by atoms with van der Waals surface area (Å²) in [6, 6.07) is 11.9. The van der Waals surface area contributed by atoms with E-state index >= 15 is 0 Å². The smallest absolute Gasteiger partial charge is 0.339 e. The molecule has 0 aliphatic rings. The van der Waals surface area contributed by atoms with Crippen LogP contribution in [-0.4, -0.2) is 22.1 Å². The number of carboxylic acids is 1. The number of nitriles is 2. The highest BCUT2D eigenvalue weighted by molar-refractivity contribution is 6.05. The van der Waals surface area contributed by atoms with Gasteiger partial charge in [-0.15, -0.1) is 0 Å². The number of hydrogen-bond acceptors (Lipinski definition) is 6. The van der Waals surface area contributed by atoms with Crippen molar-refractivity contribution in [3.05, 3.63) is 64.9 Å². The van der Waals surface area contributed by atoms with Crippen molar-refractivity contribution in [2.45, 2.75) is 6.92 Å². The molecule has 8 nitrogen and oxygen atoms in total. The van der Waals surface area contributed by atoms with Gasteiger partial charge >= 0.3 is 5.97 Å². The normalized spacial score (nSPS) is 9.44. The zero-order valence-electron chi connectivity index (χ0n) is 14.1. The van der Waals surface area contributed by atoms with E-state index in [-0.39, 0.29) is 22.4 Å². The maximum atomic E-state index is 12.4. The number of aryl methyl sites for hydroxylation is 1. The zero-order chi connectivity index (χ0) is 20.0. The standard InChI is InChI=1S/C19H14N4O4/c1-11-2-3-13(6-16(11)22-10-12(8-20)9-21)18(25)23-14-4-5-17(24)15(7-14)19(26)27/h2-7,10,22,24H,1H3,(H,23,25)(H,26,27). The fourth-order valence-electron chi connectivity index (χ4n) is 2.15. The van der Waals surface area contributed by atoms with Crippen molar-refractivity contribution in [2.75, 3.05) is 10.6 Å². The van der Waals surface area contributed by atoms with Gasteiger partial charge in [0, 0.05) is 23.1 Å². The third kappa shape index (κ3) is 4.62. The molecule has 8 heteroatoms. The van der Waals surface area contributed by atoms with Crippen LogP contribution in [0.15, 0.2) is 48.2 Å². The predicted molar refractivity (Wildman–Crippen MR) is 97.1 cm³/mol. The van der Waals surface area contributed by atoms with Crippen molar-refractivity contribution in [1.82, 2.24) is 0 Å². The maximum Gasteiger partial charge on any atom is 0.339 e. The van der Waals surface area contributed by atoms with Gasteiger partial charge in [-0.1, -0.05) is 6.07 Å². The summed E-state index contributed by atoms with van der Waals surface area (Å²) >= 11 is 0. The molecule has 0 atom stereocenters. The van der Waals surface area contributed by atoms with Crippen molar-refractivity contribution in [3.8, 4) is 17.9 Å². The first kappa shape index (κ1) is 19.0. The Balaban J connectivity index is 2.25. The molecule has 2 rings (SSSR count). The Kier molecular flexibility index (Phi) is 5.77. The number of hydrogen-bond donors (Lipinski definition) is 4. The highest BCUT2D eigenvalue weighted by Crippen LogP contribution is 2.23. The number of benzene rings is 2. The van der Waals surface area contributed by atoms with E-state index in [9.17, 15) is 14.7 Å². The van der Waals surface area contributed by atoms with Crippen LogP contribution in [0.4, 0.5) is 11.4 Å². The quantitative estimate of drug-likeness (QED) is 0.472. The number of nitrogens with one attached hydrogen (secondary N) is 2. The number of anilines is 2. The number of carboxylic acid groups (broad SMARTS) is 1. The monoisotopic (exact) mass is 362 g/mol. The number of rotatable bonds is 5. The Morgan fingerprint density at radius 3 is 2.44 bits per heavy atom. The molecule has 4 N–H and O–H groups in total. The third-order valence-corrected chi connectivity index (χ3v) is 3.60. The Hall–Kier alpha value is -4.30. The van der Waals surface area contributed by atoms with Crippen molar-refractivity contribution in [1.29, 1.82) is 10.5 Å². The predicted octanol–water partition coefficient (Wildman–Crippen LogP) is 2.99. The second-order valence-corrected chi connectivity index (χ2v) is 5.45. The number of amides is 1. The summed E-state index contributed by atoms with van der Waals surface area (Å²) in [4.78, 5) is 23.5. The van der Waals surface area contributed by atoms with Gasteiger partial charge in [0.1, 0.15) is 29.0 Å². The van der Waals surface area contributed by atoms with E-state index in [4.69, 9.17) is 15.6 Å². The molecule has 0 aliphatic heterocycles. The maximum absolute atomic E-state index is 12.4. The molecular formula is C19H14N4O4. The summed E-state index contributed by atoms with van der Waals surface area (Å²) in [5, 5.41) is 41.4. The topological polar surface area (TPSA) is 146 Å². The Bertz CT molecular complexity index is 1010. The van der Waals surface area contributed by atoms with Crippen LogP contribution in [0.1, 0.15) is 26.3 Å². The Labute approximate surface area is 154 Å². The highest BCUT2D eigenvalue weighted by Gasteiger charge is 2.13. The van der Waals surface area contributed by atoms with Gasteiger partial charge in [0.15, 0.2) is 0 Å². The minimum absolute atomic E-state index is 0.116. The summed E-state index contributed by atoms with van der Waals surface area (Å²) in [5.74, 6) is -2.22. The number of carbonyl (C=O) groups excluding carboxylic acids is 1. The lowest BCUT2D eigenvalue weighted by Crippen LogP contribution is -2.13. The number of aromatic carboxylic acids is 1. The highest BCUT2D eigenvalue weighted by atomic mass is 16.4. The first-order valence-electron chi connectivity index (χ1n) is 7.61. The van der Waals surface area contributed by atoms with Crippen LogP contribution in [0.5, 0.6) is 5.75 Å². The van der Waals surface area contributed by atoms with Crippen molar-refractivity contribution in [3.63, 3.8) is 0 Å². The molecule has 0 aliphatic carbocycles. The van der Waals surface area contributed by atoms with Crippen molar-refractivity contribution in [2.24, 2.45) is 0 Å². The van der Waals surface area contributed by atoms with E-state index in [1.165, 1.54) is 24.4 Å². The molecular weight excluding hydrogens is 348 g/mol. The van der Waals surface area contributed by atoms with Gasteiger partial charge < -0.3 is 20.8 Å². The molecule has 0 bridgehead atoms. The Morgan fingerprint density at radius 2 is 1.81 bits per heavy atom. The van der Waals surface area contributed by atoms with Gasteiger partial charge in [0.25, 0.3) is 5.91 Å². The number of carbonyl (C=O) groups is 2. The molecule has 0 radical (unpaired) electrons. The second kappa shape index (κ2) is 8.19. The van der Waals surface area contributed by atoms with Gasteiger partial charge in [-0.3, -0.25) is 4.79 Å². The SMILES string of the molecule is Cc1ccc(C(=O)Nc2ccc(O)c(C(=O)O)c2)cc1NC=C(C#N)C#N. The lowest BCUT2D eigenvalue weighted by molar-refractivity contribution is 0.0693. The number of nitrogens with zero attached hydrogens (tertiary/aromatic N) is 2. The fraction of sp³-hybridized carbons (Fsp3) is 0.0526. The largest absolute Gasteiger partial charge is 0.507 e. The molecule has 134 valence electrons. The van der Waals surface area contributed by atoms with Gasteiger partial charge in [-0.25, -0.2) is 4.79 Å². The zero-order valence-corrected chi connectivity index (χ0v) is 14.1. The molecule has 27 heavy (non-hydrogen) atoms. The molecule has 2 aromatic rings. The van der Waals surface area contributed by atoms with Crippen LogP contribution < -0.4 is 10.6 Å². The van der Waals surface area contributed by atoms with Crippen LogP contribution in [0.2, 0.25) is 0 Å². The lowest BCUT2D eigenvalue weighted by Gasteiger charge is -2.10. The number of phenols is 1. The second-order valence-electron chi connectivity index (χ2n) is 5.45. The first-order chi connectivity index (χ1) is 12.8. The lowest BCUT2D eigenvalue weighted by atomic mass is 10.1. The van der Waals surface area contributed by atoms with Crippen LogP contribution in [0.3, 0.4) is 0 Å². The van der Waals surface area contributed by atoms with E-state index in [1.54, 1.807) is 31.2 Å². The van der Waals surface area contributed by atoms with Crippen LogP contribution in [0.25, 0.3) is 0 Å². The minimum Gasteiger partial charge on any atom is -0.507 e. The molecule has 0 saturated heterocycles. The van der Waals surface area contributed by atoms with E-state index in [0.29, 0.717) is 5.69 Å². The van der Waals surface area contributed by atoms with E-state index in [1.807, 2.05) is 0 Å². The van der Waals surface area contributed by atoms with Gasteiger partial charge in [-0.2, -0.15) is 10.5 Å². The molecule has 0 spiro atoms. The molecule has 0 aromatic heterocycles. The average molecular weight is 362 g/mol. The van der Waals surface area contributed by atoms with E-state index < -0.39 is 17.6 Å². The Morgan fingerprint density at radius 1 is 1.11 bits per heavy atom. The van der Waals surface area contributed by atoms with E-state index in [0.717, 1.165) is 11.6 Å². The van der Waals surface area contributed by atoms with Crippen molar-refractivity contribution < 1.29 is 19.8 Å². The fourth-order valence-corrected chi connectivity index (χ4v) is 2.15. The first-order valence-corrected chi connectivity index (χ1v) is 7.61. The van der Waals surface area contributed by atoms with Crippen molar-refractivity contribution >= 4 is 23.3 Å². The number of aromatic hydroxyl groups is 1. The summed E-state index contributed by atoms with van der Waals surface area (Å²) in [6.07, 6.45) is 1.24. The van der Waals surface area contributed by atoms with Crippen LogP contribution >= 0.6 is 0 Å². The van der Waals surface area contributed by atoms with Gasteiger partial charge in [0.2, 0.25) is 0 Å². The van der Waals surface area contributed by atoms with E-state index in [2.05, 4.69) is 10.6 Å². The summed E-state index contributed by atoms with van der Waals surface area (Å²) < 4.78 is 0. The van der Waals surface area contributed by atoms with Crippen LogP contribution in [0, 0.1) is 29.6 Å². The number of allylic oxidation sites excluding steroid dienone is 1. The molecule has 0 fully saturated rings. The molecule has 2 aromatic carbocycles. The molecule has 0 heterocycles. The van der Waals surface area contributed by atoms with Gasteiger partial charge in [-0.05, 0) is 42.8 Å². The summed E-state index contributed by atoms with van der Waals surface area (Å²) in [5.41, 5.74) is 1.36. The molecule has 1 amide bonds. The van der Waals surface area contributed by atoms with Crippen LogP contribution in [-0.2, 0) is 0 Å². The average Bonchev–Trinajstić information content (AvgIpc) is 2.65. The minimum atomic E-state index is -1.32. The summed E-state index contributed by atoms with van der Waals surface area (Å²) in [6.45, 7) is 1.79. The third-order valence-electron chi connectivity index (χ3n) is 3.60. The molecule has 0 unspecified atom stereocenters. The summed E-state index contributed by atoms with van der Waals surface area (Å²) in [7, 11) is 0.